The highest BCUT2D eigenvalue weighted by atomic mass is 32.2. The van der Waals surface area contributed by atoms with Crippen LogP contribution in [0.2, 0.25) is 0 Å². The van der Waals surface area contributed by atoms with Crippen LogP contribution in [0.25, 0.3) is 11.0 Å². The van der Waals surface area contributed by atoms with Crippen molar-refractivity contribution < 1.29 is 21.9 Å². The van der Waals surface area contributed by atoms with Gasteiger partial charge in [-0.2, -0.15) is 8.42 Å². The Labute approximate surface area is 230 Å². The number of nitrogens with two attached hydrogens (primary N) is 1. The quantitative estimate of drug-likeness (QED) is 0.238. The van der Waals surface area contributed by atoms with E-state index < -0.39 is 31.4 Å². The molecule has 2 aromatic heterocycles. The molecule has 40 heavy (non-hydrogen) atoms. The van der Waals surface area contributed by atoms with Crippen LogP contribution in [0.5, 0.6) is 5.75 Å². The largest absolute Gasteiger partial charge is 0.506 e. The minimum absolute atomic E-state index is 0.0286. The molecule has 0 aliphatic carbocycles. The van der Waals surface area contributed by atoms with Gasteiger partial charge in [0.2, 0.25) is 0 Å². The summed E-state index contributed by atoms with van der Waals surface area (Å²) in [6, 6.07) is 12.8. The number of nitrogens with zero attached hydrogens (tertiary/aromatic N) is 3. The van der Waals surface area contributed by atoms with Crippen molar-refractivity contribution in [1.82, 2.24) is 9.55 Å². The Balaban J connectivity index is 1.58. The van der Waals surface area contributed by atoms with Gasteiger partial charge < -0.3 is 16.2 Å². The van der Waals surface area contributed by atoms with Crippen LogP contribution in [0.1, 0.15) is 25.8 Å². The first-order chi connectivity index (χ1) is 18.9. The number of fused-ring (bicyclic) bond motifs is 2. The van der Waals surface area contributed by atoms with Crippen LogP contribution in [0.15, 0.2) is 79.8 Å². The van der Waals surface area contributed by atoms with E-state index >= 15 is 0 Å². The number of aryl methyl sites for hydroxylation is 1. The minimum Gasteiger partial charge on any atom is -0.506 e. The third-order valence-corrected chi connectivity index (χ3v) is 9.12. The molecule has 5 rings (SSSR count). The molecule has 5 N–H and O–H groups in total. The van der Waals surface area contributed by atoms with Gasteiger partial charge in [-0.25, -0.2) is 13.4 Å². The van der Waals surface area contributed by atoms with Crippen molar-refractivity contribution in [3.05, 3.63) is 76.7 Å². The Bertz CT molecular complexity index is 1970. The molecule has 1 aliphatic heterocycles. The van der Waals surface area contributed by atoms with Crippen molar-refractivity contribution in [3.8, 4) is 5.75 Å². The predicted octanol–water partition coefficient (Wildman–Crippen LogP) is 3.09. The van der Waals surface area contributed by atoms with Crippen LogP contribution in [0, 0.1) is 5.92 Å². The summed E-state index contributed by atoms with van der Waals surface area (Å²) in [5.74, 6) is -0.543. The molecule has 3 heterocycles. The molecule has 12 nitrogen and oxygen atoms in total. The number of sulfonamides is 2. The lowest BCUT2D eigenvalue weighted by Gasteiger charge is -2.21. The number of hydrogen-bond acceptors (Lipinski definition) is 9. The fraction of sp³-hybridized carbons (Fsp3) is 0.192. The van der Waals surface area contributed by atoms with Crippen LogP contribution < -0.4 is 21.3 Å². The molecule has 0 radical (unpaired) electrons. The van der Waals surface area contributed by atoms with Gasteiger partial charge in [0, 0.05) is 12.7 Å². The molecular weight excluding hydrogens is 556 g/mol. The Morgan fingerprint density at radius 1 is 1.12 bits per heavy atom. The van der Waals surface area contributed by atoms with Crippen molar-refractivity contribution in [2.45, 2.75) is 36.6 Å². The summed E-state index contributed by atoms with van der Waals surface area (Å²) < 4.78 is 59.7. The maximum absolute atomic E-state index is 13.6. The Morgan fingerprint density at radius 3 is 2.60 bits per heavy atom. The molecule has 14 heteroatoms. The van der Waals surface area contributed by atoms with Crippen molar-refractivity contribution in [3.63, 3.8) is 0 Å². The van der Waals surface area contributed by atoms with Gasteiger partial charge in [-0.05, 0) is 54.8 Å². The summed E-state index contributed by atoms with van der Waals surface area (Å²) in [4.78, 5) is 17.3. The summed E-state index contributed by atoms with van der Waals surface area (Å²) in [6.07, 6.45) is 2.14. The highest BCUT2D eigenvalue weighted by molar-refractivity contribution is 7.93. The number of para-hydroxylation sites is 1. The second-order valence-corrected chi connectivity index (χ2v) is 12.9. The van der Waals surface area contributed by atoms with Gasteiger partial charge in [0.1, 0.15) is 26.8 Å². The van der Waals surface area contributed by atoms with Crippen LogP contribution >= 0.6 is 0 Å². The number of benzene rings is 2. The first-order valence-electron chi connectivity index (χ1n) is 12.2. The Kier molecular flexibility index (Phi) is 6.75. The first kappa shape index (κ1) is 27.1. The summed E-state index contributed by atoms with van der Waals surface area (Å²) in [5, 5.41) is 14.1. The van der Waals surface area contributed by atoms with E-state index in [4.69, 9.17) is 5.73 Å². The molecule has 208 valence electrons. The zero-order valence-electron chi connectivity index (χ0n) is 21.5. The topological polar surface area (TPSA) is 186 Å². The third kappa shape index (κ3) is 4.86. The molecule has 0 saturated carbocycles. The predicted molar refractivity (Wildman–Crippen MR) is 153 cm³/mol. The number of aromatic nitrogens is 2. The molecule has 0 amide bonds. The van der Waals surface area contributed by atoms with E-state index in [1.54, 1.807) is 18.2 Å². The van der Waals surface area contributed by atoms with E-state index in [9.17, 15) is 26.7 Å². The maximum Gasteiger partial charge on any atom is 0.286 e. The zero-order valence-corrected chi connectivity index (χ0v) is 23.1. The molecule has 4 aromatic rings. The molecule has 0 bridgehead atoms. The fourth-order valence-electron chi connectivity index (χ4n) is 4.34. The van der Waals surface area contributed by atoms with Crippen LogP contribution in [0.4, 0.5) is 17.1 Å². The van der Waals surface area contributed by atoms with Gasteiger partial charge in [0.25, 0.3) is 25.6 Å². The molecule has 0 saturated heterocycles. The van der Waals surface area contributed by atoms with E-state index in [1.165, 1.54) is 41.1 Å². The number of rotatable bonds is 7. The van der Waals surface area contributed by atoms with Gasteiger partial charge in [-0.3, -0.25) is 14.1 Å². The van der Waals surface area contributed by atoms with Crippen molar-refractivity contribution in [2.75, 3.05) is 15.8 Å². The number of nitrogens with one attached hydrogen (secondary N) is 2. The third-order valence-electron chi connectivity index (χ3n) is 6.34. The molecule has 0 unspecified atom stereocenters. The van der Waals surface area contributed by atoms with Crippen molar-refractivity contribution in [2.24, 2.45) is 10.3 Å². The van der Waals surface area contributed by atoms with Gasteiger partial charge in [0.05, 0.1) is 22.4 Å². The molecular formula is C26H26N6O6S2. The average molecular weight is 583 g/mol. The summed E-state index contributed by atoms with van der Waals surface area (Å²) >= 11 is 0. The standard InChI is InChI=1S/C26H26N6O6S2/c1-15(2)11-13-32-25-17(6-5-12-28-25)23(33)22(26(32)34)24-29-19-10-9-16(14-21(19)40(37,38)31-24)30-39(35,36)20-8-4-3-7-18(20)27/h3-10,12,14-15,30,33H,11,13,27H2,1-2H3,(H,29,31). The number of hydrogen-bond donors (Lipinski definition) is 4. The highest BCUT2D eigenvalue weighted by Crippen LogP contribution is 2.34. The van der Waals surface area contributed by atoms with E-state index in [2.05, 4.69) is 19.4 Å². The van der Waals surface area contributed by atoms with E-state index in [0.717, 1.165) is 6.07 Å². The highest BCUT2D eigenvalue weighted by Gasteiger charge is 2.31. The minimum atomic E-state index is -4.42. The van der Waals surface area contributed by atoms with Crippen molar-refractivity contribution in [1.29, 1.82) is 0 Å². The first-order valence-corrected chi connectivity index (χ1v) is 15.2. The second-order valence-electron chi connectivity index (χ2n) is 9.63. The zero-order chi connectivity index (χ0) is 28.8. The normalized spacial score (nSPS) is 14.4. The van der Waals surface area contributed by atoms with Gasteiger partial charge in [0.15, 0.2) is 5.84 Å². The Hall–Kier alpha value is -4.43. The van der Waals surface area contributed by atoms with E-state index in [-0.39, 0.29) is 55.2 Å². The number of amidine groups is 1. The number of pyridine rings is 2. The van der Waals surface area contributed by atoms with Gasteiger partial charge in [-0.1, -0.05) is 26.0 Å². The van der Waals surface area contributed by atoms with Crippen LogP contribution in [0.3, 0.4) is 0 Å². The molecule has 2 aromatic carbocycles. The molecule has 0 fully saturated rings. The lowest BCUT2D eigenvalue weighted by Crippen LogP contribution is -2.33. The van der Waals surface area contributed by atoms with Crippen LogP contribution in [-0.4, -0.2) is 37.3 Å². The summed E-state index contributed by atoms with van der Waals surface area (Å²) in [6.45, 7) is 4.30. The van der Waals surface area contributed by atoms with E-state index in [0.29, 0.717) is 13.0 Å². The summed E-state index contributed by atoms with van der Waals surface area (Å²) in [7, 11) is -8.54. The lowest BCUT2D eigenvalue weighted by molar-refractivity contribution is 0.473. The number of aromatic hydroxyl groups is 1. The molecule has 0 atom stereocenters. The average Bonchev–Trinajstić information content (AvgIpc) is 2.88. The monoisotopic (exact) mass is 582 g/mol. The second kappa shape index (κ2) is 9.95. The van der Waals surface area contributed by atoms with E-state index in [1.807, 2.05) is 13.8 Å². The Morgan fingerprint density at radius 2 is 1.88 bits per heavy atom. The summed E-state index contributed by atoms with van der Waals surface area (Å²) in [5.41, 5.74) is 5.13. The number of nitrogen functional groups attached to an aromatic ring is 1. The lowest BCUT2D eigenvalue weighted by atomic mass is 10.1. The maximum atomic E-state index is 13.6. The smallest absolute Gasteiger partial charge is 0.286 e. The van der Waals surface area contributed by atoms with Gasteiger partial charge in [-0.15, -0.1) is 4.40 Å². The van der Waals surface area contributed by atoms with Crippen molar-refractivity contribution >= 4 is 54.0 Å². The van der Waals surface area contributed by atoms with Gasteiger partial charge >= 0.3 is 0 Å². The SMILES string of the molecule is CC(C)CCn1c(=O)c(C2=NS(=O)(=O)c3cc(NS(=O)(=O)c4ccccc4N)ccc3N2)c(O)c2cccnc21. The number of anilines is 3. The fourth-order valence-corrected chi connectivity index (χ4v) is 6.67. The molecule has 0 spiro atoms. The molecule has 1 aliphatic rings. The van der Waals surface area contributed by atoms with Crippen LogP contribution in [-0.2, 0) is 26.6 Å².